The largest absolute Gasteiger partial charge is 0.703 e. The van der Waals surface area contributed by atoms with E-state index < -0.39 is 0 Å². The van der Waals surface area contributed by atoms with E-state index in [0.29, 0.717) is 5.16 Å². The van der Waals surface area contributed by atoms with Gasteiger partial charge in [0.2, 0.25) is 6.33 Å². The van der Waals surface area contributed by atoms with E-state index in [1.807, 2.05) is 24.9 Å². The van der Waals surface area contributed by atoms with Gasteiger partial charge in [0, 0.05) is 5.10 Å². The molecular weight excluding hydrogens is 134 g/mol. The van der Waals surface area contributed by atoms with Gasteiger partial charge in [-0.05, 0) is 6.92 Å². The third-order valence-electron chi connectivity index (χ3n) is 1.14. The van der Waals surface area contributed by atoms with Crippen molar-refractivity contribution in [1.29, 1.82) is 0 Å². The fourth-order valence-electron chi connectivity index (χ4n) is 0.686. The fraction of sp³-hybridized carbons (Fsp3) is 0.600. The van der Waals surface area contributed by atoms with Crippen molar-refractivity contribution in [3.05, 3.63) is 6.33 Å². The predicted octanol–water partition coefficient (Wildman–Crippen LogP) is -0.367. The van der Waals surface area contributed by atoms with Crippen LogP contribution in [0.3, 0.4) is 0 Å². The molecule has 1 heterocycles. The van der Waals surface area contributed by atoms with Crippen molar-refractivity contribution in [2.75, 3.05) is 0 Å². The van der Waals surface area contributed by atoms with Crippen LogP contribution < -0.4 is 4.57 Å². The normalized spacial score (nSPS) is 10.0. The number of aromatic nitrogens is 3. The summed E-state index contributed by atoms with van der Waals surface area (Å²) in [6, 6.07) is 0. The molecule has 9 heavy (non-hydrogen) atoms. The zero-order chi connectivity index (χ0) is 6.85. The number of nitrogens with zero attached hydrogens (tertiary/aromatic N) is 3. The van der Waals surface area contributed by atoms with Crippen LogP contribution in [0.15, 0.2) is 11.5 Å². The number of hydrogen-bond donors (Lipinski definition) is 0. The molecule has 3 nitrogen and oxygen atoms in total. The van der Waals surface area contributed by atoms with E-state index in [1.165, 1.54) is 0 Å². The van der Waals surface area contributed by atoms with Crippen molar-refractivity contribution in [3.63, 3.8) is 0 Å². The highest BCUT2D eigenvalue weighted by atomic mass is 32.1. The van der Waals surface area contributed by atoms with Gasteiger partial charge < -0.3 is 12.6 Å². The van der Waals surface area contributed by atoms with E-state index in [0.717, 1.165) is 6.54 Å². The first-order valence-electron chi connectivity index (χ1n) is 2.84. The Morgan fingerprint density at radius 1 is 1.89 bits per heavy atom. The summed E-state index contributed by atoms with van der Waals surface area (Å²) in [5, 5.41) is 4.63. The lowest BCUT2D eigenvalue weighted by atomic mass is 10.7. The van der Waals surface area contributed by atoms with Crippen molar-refractivity contribution in [2.24, 2.45) is 7.05 Å². The predicted molar refractivity (Wildman–Crippen MR) is 34.7 cm³/mol. The molecule has 0 atom stereocenters. The number of rotatable bonds is 1. The van der Waals surface area contributed by atoms with Crippen LogP contribution in [0.4, 0.5) is 0 Å². The van der Waals surface area contributed by atoms with Gasteiger partial charge in [0.1, 0.15) is 0 Å². The van der Waals surface area contributed by atoms with Crippen molar-refractivity contribution < 1.29 is 4.57 Å². The van der Waals surface area contributed by atoms with Crippen molar-refractivity contribution in [2.45, 2.75) is 18.6 Å². The quantitative estimate of drug-likeness (QED) is 0.395. The topological polar surface area (TPSA) is 21.7 Å². The Bertz CT molecular complexity index is 206. The second-order valence-electron chi connectivity index (χ2n) is 1.86. The maximum atomic E-state index is 4.90. The van der Waals surface area contributed by atoms with Crippen LogP contribution in [0, 0.1) is 0 Å². The van der Waals surface area contributed by atoms with Gasteiger partial charge in [-0.2, -0.15) is 0 Å². The summed E-state index contributed by atoms with van der Waals surface area (Å²) in [5.74, 6) is 0. The van der Waals surface area contributed by atoms with Gasteiger partial charge in [-0.3, -0.25) is 4.57 Å². The second kappa shape index (κ2) is 2.31. The van der Waals surface area contributed by atoms with Crippen LogP contribution >= 0.6 is 0 Å². The monoisotopic (exact) mass is 143 g/mol. The minimum Gasteiger partial charge on any atom is -0.703 e. The maximum absolute atomic E-state index is 4.90. The Labute approximate surface area is 59.7 Å². The summed E-state index contributed by atoms with van der Waals surface area (Å²) >= 11 is 4.90. The maximum Gasteiger partial charge on any atom is 0.221 e. The minimum absolute atomic E-state index is 0.653. The van der Waals surface area contributed by atoms with Crippen molar-refractivity contribution in [1.82, 2.24) is 9.78 Å². The molecule has 0 spiro atoms. The van der Waals surface area contributed by atoms with Crippen LogP contribution in [0.1, 0.15) is 6.92 Å². The first-order chi connectivity index (χ1) is 4.24. The highest BCUT2D eigenvalue weighted by molar-refractivity contribution is 7.58. The standard InChI is InChI=1S/C5H9N3S/c1-3-8-4-7(2)6-5(8)9/h4H,3H2,1-2H3. The Hall–Kier alpha value is -0.640. The molecule has 0 N–H and O–H groups in total. The Morgan fingerprint density at radius 3 is 2.78 bits per heavy atom. The highest BCUT2D eigenvalue weighted by Gasteiger charge is 1.98. The average molecular weight is 143 g/mol. The third kappa shape index (κ3) is 1.18. The summed E-state index contributed by atoms with van der Waals surface area (Å²) in [6.07, 6.45) is 1.88. The van der Waals surface area contributed by atoms with Gasteiger partial charge in [-0.15, -0.1) is 4.68 Å². The average Bonchev–Trinajstić information content (AvgIpc) is 2.10. The molecule has 1 aromatic heterocycles. The van der Waals surface area contributed by atoms with Crippen LogP contribution in [0.25, 0.3) is 0 Å². The molecule has 0 radical (unpaired) electrons. The fourth-order valence-corrected chi connectivity index (χ4v) is 0.991. The van der Waals surface area contributed by atoms with E-state index >= 15 is 0 Å². The third-order valence-corrected chi connectivity index (χ3v) is 1.45. The molecule has 50 valence electrons. The Morgan fingerprint density at radius 2 is 2.56 bits per heavy atom. The molecule has 1 aromatic rings. The smallest absolute Gasteiger partial charge is 0.221 e. The zero-order valence-corrected chi connectivity index (χ0v) is 6.35. The first-order valence-corrected chi connectivity index (χ1v) is 3.25. The molecule has 0 saturated carbocycles. The molecule has 0 saturated heterocycles. The SMILES string of the molecule is CC[n+]1cn(C)nc1[S-]. The summed E-state index contributed by atoms with van der Waals surface area (Å²) in [4.78, 5) is 0. The van der Waals surface area contributed by atoms with Crippen LogP contribution in [0.5, 0.6) is 0 Å². The van der Waals surface area contributed by atoms with Crippen LogP contribution in [0.2, 0.25) is 0 Å². The summed E-state index contributed by atoms with van der Waals surface area (Å²) < 4.78 is 3.63. The Balaban J connectivity index is 3.01. The van der Waals surface area contributed by atoms with Crippen molar-refractivity contribution >= 4 is 12.6 Å². The summed E-state index contributed by atoms with van der Waals surface area (Å²) in [6.45, 7) is 2.93. The van der Waals surface area contributed by atoms with Crippen LogP contribution in [-0.2, 0) is 26.2 Å². The summed E-state index contributed by atoms with van der Waals surface area (Å²) in [7, 11) is 1.86. The van der Waals surface area contributed by atoms with E-state index in [9.17, 15) is 0 Å². The van der Waals surface area contributed by atoms with Crippen LogP contribution in [-0.4, -0.2) is 9.78 Å². The first kappa shape index (κ1) is 6.48. The highest BCUT2D eigenvalue weighted by Crippen LogP contribution is 1.80. The molecule has 0 bridgehead atoms. The zero-order valence-electron chi connectivity index (χ0n) is 5.53. The number of hydrogen-bond acceptors (Lipinski definition) is 2. The van der Waals surface area contributed by atoms with E-state index in [1.54, 1.807) is 4.68 Å². The molecule has 0 aliphatic rings. The molecule has 0 amide bonds. The van der Waals surface area contributed by atoms with E-state index in [2.05, 4.69) is 5.10 Å². The lowest BCUT2D eigenvalue weighted by Crippen LogP contribution is -2.32. The molecule has 0 aromatic carbocycles. The Kier molecular flexibility index (Phi) is 1.66. The molecule has 0 aliphatic heterocycles. The van der Waals surface area contributed by atoms with Gasteiger partial charge in [0.05, 0.1) is 13.6 Å². The van der Waals surface area contributed by atoms with Gasteiger partial charge in [0.15, 0.2) is 5.16 Å². The second-order valence-corrected chi connectivity index (χ2v) is 2.22. The van der Waals surface area contributed by atoms with Gasteiger partial charge >= 0.3 is 0 Å². The summed E-state index contributed by atoms with van der Waals surface area (Å²) in [5.41, 5.74) is 0. The van der Waals surface area contributed by atoms with Gasteiger partial charge in [-0.1, -0.05) is 0 Å². The molecule has 4 heteroatoms. The van der Waals surface area contributed by atoms with E-state index in [4.69, 9.17) is 12.6 Å². The molecular formula is C5H9N3S. The van der Waals surface area contributed by atoms with Gasteiger partial charge in [0.25, 0.3) is 0 Å². The molecule has 1 rings (SSSR count). The van der Waals surface area contributed by atoms with Gasteiger partial charge in [-0.25, -0.2) is 0 Å². The lowest BCUT2D eigenvalue weighted by molar-refractivity contribution is -0.730. The molecule has 0 unspecified atom stereocenters. The lowest BCUT2D eigenvalue weighted by Gasteiger charge is -1.94. The number of aryl methyl sites for hydroxylation is 2. The molecule has 0 fully saturated rings. The van der Waals surface area contributed by atoms with Crippen molar-refractivity contribution in [3.8, 4) is 0 Å². The molecule has 0 aliphatic carbocycles. The van der Waals surface area contributed by atoms with E-state index in [-0.39, 0.29) is 0 Å². The minimum atomic E-state index is 0.653.